The first-order valence-corrected chi connectivity index (χ1v) is 8.13. The number of aryl methyl sites for hydroxylation is 1. The fraction of sp³-hybridized carbons (Fsp3) is 0.312. The molecule has 1 N–H and O–H groups in total. The van der Waals surface area contributed by atoms with Gasteiger partial charge in [-0.3, -0.25) is 14.2 Å². The molecule has 3 aromatic heterocycles. The van der Waals surface area contributed by atoms with E-state index >= 15 is 0 Å². The molecule has 0 aromatic carbocycles. The Morgan fingerprint density at radius 1 is 1.43 bits per heavy atom. The predicted octanol–water partition coefficient (Wildman–Crippen LogP) is 2.28. The Hall–Kier alpha value is -2.41. The van der Waals surface area contributed by atoms with Crippen molar-refractivity contribution in [2.75, 3.05) is 7.11 Å². The highest BCUT2D eigenvalue weighted by atomic mass is 32.1. The molecule has 0 spiro atoms. The standard InChI is InChI=1S/C16H18N4O2S/c1-10-7-17-13(11(2)15(10)22-3)8-18-14(21)6-12-9-20-4-5-23-16(20)19-12/h4-5,7,9H,6,8H2,1-3H3,(H,18,21). The van der Waals surface area contributed by atoms with E-state index in [1.165, 1.54) is 0 Å². The molecule has 0 atom stereocenters. The van der Waals surface area contributed by atoms with Gasteiger partial charge in [-0.1, -0.05) is 0 Å². The lowest BCUT2D eigenvalue weighted by Crippen LogP contribution is -2.25. The van der Waals surface area contributed by atoms with Crippen molar-refractivity contribution >= 4 is 22.2 Å². The van der Waals surface area contributed by atoms with Crippen LogP contribution >= 0.6 is 11.3 Å². The lowest BCUT2D eigenvalue weighted by Gasteiger charge is -2.12. The SMILES string of the molecule is COc1c(C)cnc(CNC(=O)Cc2cn3ccsc3n2)c1C. The minimum Gasteiger partial charge on any atom is -0.496 e. The van der Waals surface area contributed by atoms with E-state index in [1.807, 2.05) is 36.0 Å². The van der Waals surface area contributed by atoms with Gasteiger partial charge in [0.25, 0.3) is 0 Å². The molecule has 3 aromatic rings. The Morgan fingerprint density at radius 3 is 3.00 bits per heavy atom. The molecular formula is C16H18N4O2S. The van der Waals surface area contributed by atoms with Crippen LogP contribution in [-0.4, -0.2) is 27.4 Å². The first-order chi connectivity index (χ1) is 11.1. The van der Waals surface area contributed by atoms with Crippen LogP contribution in [0.5, 0.6) is 5.75 Å². The van der Waals surface area contributed by atoms with Gasteiger partial charge in [-0.25, -0.2) is 4.98 Å². The van der Waals surface area contributed by atoms with Gasteiger partial charge in [0.05, 0.1) is 31.5 Å². The normalized spacial score (nSPS) is 10.9. The van der Waals surface area contributed by atoms with E-state index in [0.29, 0.717) is 6.54 Å². The summed E-state index contributed by atoms with van der Waals surface area (Å²) >= 11 is 1.55. The maximum absolute atomic E-state index is 12.1. The molecule has 0 fully saturated rings. The minimum atomic E-state index is -0.0727. The summed E-state index contributed by atoms with van der Waals surface area (Å²) in [6.45, 7) is 4.28. The summed E-state index contributed by atoms with van der Waals surface area (Å²) in [5, 5.41) is 4.86. The number of fused-ring (bicyclic) bond motifs is 1. The smallest absolute Gasteiger partial charge is 0.226 e. The van der Waals surface area contributed by atoms with Crippen LogP contribution in [0, 0.1) is 13.8 Å². The Bertz CT molecular complexity index is 825. The van der Waals surface area contributed by atoms with Crippen LogP contribution in [0.25, 0.3) is 4.96 Å². The van der Waals surface area contributed by atoms with Gasteiger partial charge in [0.1, 0.15) is 5.75 Å². The zero-order valence-electron chi connectivity index (χ0n) is 13.3. The van der Waals surface area contributed by atoms with Crippen molar-refractivity contribution in [1.29, 1.82) is 0 Å². The topological polar surface area (TPSA) is 68.5 Å². The number of carbonyl (C=O) groups excluding carboxylic acids is 1. The second-order valence-electron chi connectivity index (χ2n) is 5.32. The second kappa shape index (κ2) is 6.37. The van der Waals surface area contributed by atoms with Crippen molar-refractivity contribution in [2.24, 2.45) is 0 Å². The van der Waals surface area contributed by atoms with Crippen LogP contribution < -0.4 is 10.1 Å². The highest BCUT2D eigenvalue weighted by Crippen LogP contribution is 2.23. The Labute approximate surface area is 138 Å². The molecule has 0 aliphatic carbocycles. The van der Waals surface area contributed by atoms with Crippen LogP contribution in [0.4, 0.5) is 0 Å². The molecule has 0 saturated heterocycles. The van der Waals surface area contributed by atoms with Crippen molar-refractivity contribution < 1.29 is 9.53 Å². The molecular weight excluding hydrogens is 312 g/mol. The zero-order chi connectivity index (χ0) is 16.4. The molecule has 0 aliphatic heterocycles. The van der Waals surface area contributed by atoms with Gasteiger partial charge in [0.15, 0.2) is 4.96 Å². The van der Waals surface area contributed by atoms with Gasteiger partial charge in [-0.2, -0.15) is 0 Å². The average Bonchev–Trinajstić information content (AvgIpc) is 3.08. The molecule has 3 heterocycles. The summed E-state index contributed by atoms with van der Waals surface area (Å²) in [4.78, 5) is 21.8. The third kappa shape index (κ3) is 3.19. The van der Waals surface area contributed by atoms with Crippen LogP contribution in [0.15, 0.2) is 24.0 Å². The summed E-state index contributed by atoms with van der Waals surface area (Å²) in [5.41, 5.74) is 3.51. The van der Waals surface area contributed by atoms with Gasteiger partial charge < -0.3 is 10.1 Å². The molecule has 0 saturated carbocycles. The van der Waals surface area contributed by atoms with Crippen molar-refractivity contribution in [1.82, 2.24) is 19.7 Å². The van der Waals surface area contributed by atoms with Crippen LogP contribution in [0.2, 0.25) is 0 Å². The van der Waals surface area contributed by atoms with Crippen molar-refractivity contribution in [3.63, 3.8) is 0 Å². The van der Waals surface area contributed by atoms with Crippen LogP contribution in [-0.2, 0) is 17.8 Å². The number of hydrogen-bond acceptors (Lipinski definition) is 5. The number of hydrogen-bond donors (Lipinski definition) is 1. The number of nitrogens with zero attached hydrogens (tertiary/aromatic N) is 3. The first-order valence-electron chi connectivity index (χ1n) is 7.25. The van der Waals surface area contributed by atoms with Crippen molar-refractivity contribution in [3.8, 4) is 5.75 Å². The lowest BCUT2D eigenvalue weighted by molar-refractivity contribution is -0.120. The summed E-state index contributed by atoms with van der Waals surface area (Å²) in [7, 11) is 1.64. The predicted molar refractivity (Wildman–Crippen MR) is 88.9 cm³/mol. The molecule has 6 nitrogen and oxygen atoms in total. The van der Waals surface area contributed by atoms with E-state index in [2.05, 4.69) is 15.3 Å². The molecule has 120 valence electrons. The van der Waals surface area contributed by atoms with Gasteiger partial charge in [-0.05, 0) is 13.8 Å². The number of thiazole rings is 1. The fourth-order valence-electron chi connectivity index (χ4n) is 2.52. The molecule has 0 bridgehead atoms. The maximum Gasteiger partial charge on any atom is 0.226 e. The van der Waals surface area contributed by atoms with E-state index in [9.17, 15) is 4.79 Å². The van der Waals surface area contributed by atoms with Crippen LogP contribution in [0.3, 0.4) is 0 Å². The number of carbonyl (C=O) groups is 1. The molecule has 0 radical (unpaired) electrons. The highest BCUT2D eigenvalue weighted by molar-refractivity contribution is 7.15. The summed E-state index contributed by atoms with van der Waals surface area (Å²) in [6, 6.07) is 0. The summed E-state index contributed by atoms with van der Waals surface area (Å²) < 4.78 is 7.30. The number of imidazole rings is 1. The lowest BCUT2D eigenvalue weighted by atomic mass is 10.1. The molecule has 3 rings (SSSR count). The van der Waals surface area contributed by atoms with Gasteiger partial charge in [0.2, 0.25) is 5.91 Å². The van der Waals surface area contributed by atoms with E-state index in [-0.39, 0.29) is 12.3 Å². The fourth-order valence-corrected chi connectivity index (χ4v) is 3.24. The number of pyridine rings is 1. The minimum absolute atomic E-state index is 0.0727. The van der Waals surface area contributed by atoms with Crippen molar-refractivity contribution in [3.05, 3.63) is 46.5 Å². The summed E-state index contributed by atoms with van der Waals surface area (Å²) in [5.74, 6) is 0.745. The number of rotatable bonds is 5. The molecule has 0 unspecified atom stereocenters. The number of methoxy groups -OCH3 is 1. The van der Waals surface area contributed by atoms with Gasteiger partial charge in [0, 0.05) is 35.1 Å². The number of ether oxygens (including phenoxy) is 1. The highest BCUT2D eigenvalue weighted by Gasteiger charge is 2.12. The molecule has 7 heteroatoms. The van der Waals surface area contributed by atoms with E-state index in [4.69, 9.17) is 4.74 Å². The molecule has 23 heavy (non-hydrogen) atoms. The quantitative estimate of drug-likeness (QED) is 0.779. The van der Waals surface area contributed by atoms with Crippen molar-refractivity contribution in [2.45, 2.75) is 26.8 Å². The third-order valence-corrected chi connectivity index (χ3v) is 4.46. The Morgan fingerprint density at radius 2 is 2.26 bits per heavy atom. The average molecular weight is 330 g/mol. The molecule has 1 amide bonds. The largest absolute Gasteiger partial charge is 0.496 e. The number of nitrogens with one attached hydrogen (secondary N) is 1. The Kier molecular flexibility index (Phi) is 4.29. The van der Waals surface area contributed by atoms with E-state index in [0.717, 1.165) is 33.2 Å². The zero-order valence-corrected chi connectivity index (χ0v) is 14.1. The monoisotopic (exact) mass is 330 g/mol. The third-order valence-electron chi connectivity index (χ3n) is 3.69. The maximum atomic E-state index is 12.1. The Balaban J connectivity index is 1.64. The molecule has 0 aliphatic rings. The second-order valence-corrected chi connectivity index (χ2v) is 6.20. The number of amides is 1. The number of aromatic nitrogens is 3. The van der Waals surface area contributed by atoms with Gasteiger partial charge >= 0.3 is 0 Å². The first kappa shape index (κ1) is 15.5. The van der Waals surface area contributed by atoms with Gasteiger partial charge in [-0.15, -0.1) is 11.3 Å². The van der Waals surface area contributed by atoms with E-state index < -0.39 is 0 Å². The summed E-state index contributed by atoms with van der Waals surface area (Å²) in [6.07, 6.45) is 5.83. The van der Waals surface area contributed by atoms with Crippen LogP contribution in [0.1, 0.15) is 22.5 Å². The van der Waals surface area contributed by atoms with E-state index in [1.54, 1.807) is 24.6 Å².